The summed E-state index contributed by atoms with van der Waals surface area (Å²) >= 11 is 1.29. The zero-order valence-electron chi connectivity index (χ0n) is 10.3. The van der Waals surface area contributed by atoms with Gasteiger partial charge in [0.25, 0.3) is 5.56 Å². The number of fused-ring (bicyclic) bond motifs is 1. The average Bonchev–Trinajstić information content (AvgIpc) is 2.77. The first-order valence-electron chi connectivity index (χ1n) is 5.75. The van der Waals surface area contributed by atoms with Crippen LogP contribution in [0.15, 0.2) is 38.6 Å². The fourth-order valence-corrected chi connectivity index (χ4v) is 2.43. The van der Waals surface area contributed by atoms with Crippen molar-refractivity contribution >= 4 is 34.4 Å². The molecular weight excluding hydrogens is 278 g/mol. The molecule has 1 aromatic carbocycles. The molecule has 0 amide bonds. The second-order valence-corrected chi connectivity index (χ2v) is 5.06. The Labute approximate surface area is 117 Å². The molecule has 3 aromatic rings. The lowest BCUT2D eigenvalue weighted by atomic mass is 10.3. The van der Waals surface area contributed by atoms with Gasteiger partial charge in [-0.05, 0) is 12.1 Å². The van der Waals surface area contributed by atoms with Crippen LogP contribution >= 0.6 is 11.8 Å². The number of nitrogens with two attached hydrogens (primary N) is 2. The van der Waals surface area contributed by atoms with Gasteiger partial charge in [0.1, 0.15) is 11.3 Å². The zero-order valence-corrected chi connectivity index (χ0v) is 11.1. The van der Waals surface area contributed by atoms with Crippen LogP contribution in [0.25, 0.3) is 11.1 Å². The van der Waals surface area contributed by atoms with Crippen LogP contribution in [0.3, 0.4) is 0 Å². The Morgan fingerprint density at radius 1 is 1.25 bits per heavy atom. The number of H-pyrrole nitrogens is 1. The lowest BCUT2D eigenvalue weighted by molar-refractivity contribution is 0.556. The van der Waals surface area contributed by atoms with Crippen molar-refractivity contribution in [1.29, 1.82) is 0 Å². The first kappa shape index (κ1) is 12.5. The monoisotopic (exact) mass is 289 g/mol. The van der Waals surface area contributed by atoms with E-state index in [1.165, 1.54) is 17.8 Å². The molecule has 2 heterocycles. The molecule has 0 radical (unpaired) electrons. The highest BCUT2D eigenvalue weighted by Crippen LogP contribution is 2.23. The lowest BCUT2D eigenvalue weighted by Crippen LogP contribution is -2.09. The molecule has 0 aliphatic carbocycles. The van der Waals surface area contributed by atoms with Crippen LogP contribution in [0.2, 0.25) is 0 Å². The molecule has 3 rings (SSSR count). The Hall–Kier alpha value is -2.48. The van der Waals surface area contributed by atoms with Crippen molar-refractivity contribution in [2.45, 2.75) is 10.9 Å². The molecule has 0 bridgehead atoms. The van der Waals surface area contributed by atoms with Crippen molar-refractivity contribution in [3.63, 3.8) is 0 Å². The molecule has 0 atom stereocenters. The summed E-state index contributed by atoms with van der Waals surface area (Å²) in [5.74, 6) is 1.14. The summed E-state index contributed by atoms with van der Waals surface area (Å²) < 4.78 is 5.57. The number of oxazole rings is 1. The van der Waals surface area contributed by atoms with Gasteiger partial charge in [0.05, 0.1) is 5.75 Å². The van der Waals surface area contributed by atoms with Crippen LogP contribution in [-0.4, -0.2) is 15.0 Å². The zero-order chi connectivity index (χ0) is 14.1. The number of thioether (sulfide) groups is 1. The van der Waals surface area contributed by atoms with Crippen LogP contribution in [0.5, 0.6) is 0 Å². The summed E-state index contributed by atoms with van der Waals surface area (Å²) in [7, 11) is 0. The topological polar surface area (TPSA) is 124 Å². The molecule has 0 saturated carbocycles. The third kappa shape index (κ3) is 2.59. The van der Waals surface area contributed by atoms with Gasteiger partial charge in [-0.3, -0.25) is 4.79 Å². The Morgan fingerprint density at radius 3 is 2.90 bits per heavy atom. The molecule has 0 aliphatic rings. The first-order valence-corrected chi connectivity index (χ1v) is 6.73. The van der Waals surface area contributed by atoms with Crippen LogP contribution in [0, 0.1) is 0 Å². The van der Waals surface area contributed by atoms with E-state index in [1.807, 2.05) is 0 Å². The van der Waals surface area contributed by atoms with Gasteiger partial charge < -0.3 is 20.9 Å². The molecule has 0 aliphatic heterocycles. The molecule has 0 unspecified atom stereocenters. The van der Waals surface area contributed by atoms with Gasteiger partial charge >= 0.3 is 0 Å². The number of benzene rings is 1. The number of aromatic amines is 1. The fourth-order valence-electron chi connectivity index (χ4n) is 1.70. The molecule has 7 nitrogen and oxygen atoms in total. The maximum absolute atomic E-state index is 11.3. The van der Waals surface area contributed by atoms with E-state index in [0.29, 0.717) is 28.1 Å². The first-order chi connectivity index (χ1) is 9.60. The Bertz CT molecular complexity index is 826. The van der Waals surface area contributed by atoms with Gasteiger partial charge in [0.2, 0.25) is 5.89 Å². The molecule has 8 heteroatoms. The third-order valence-corrected chi connectivity index (χ3v) is 3.39. The smallest absolute Gasteiger partial charge is 0.253 e. The number of aromatic nitrogens is 3. The van der Waals surface area contributed by atoms with Crippen molar-refractivity contribution in [1.82, 2.24) is 15.0 Å². The molecule has 102 valence electrons. The summed E-state index contributed by atoms with van der Waals surface area (Å²) in [5, 5.41) is 0.428. The standard InChI is InChI=1S/C12H11N5O2S/c13-6-1-2-7-8(3-6)19-11(15-7)5-20-12-16-9(14)4-10(18)17-12/h1-4H,5,13H2,(H3,14,16,17,18). The van der Waals surface area contributed by atoms with E-state index in [-0.39, 0.29) is 11.4 Å². The Morgan fingerprint density at radius 2 is 2.10 bits per heavy atom. The lowest BCUT2D eigenvalue weighted by Gasteiger charge is -1.98. The third-order valence-electron chi connectivity index (χ3n) is 2.53. The van der Waals surface area contributed by atoms with E-state index in [0.717, 1.165) is 5.52 Å². The number of nitrogens with one attached hydrogen (secondary N) is 1. The highest BCUT2D eigenvalue weighted by atomic mass is 32.2. The van der Waals surface area contributed by atoms with Crippen LogP contribution < -0.4 is 17.0 Å². The summed E-state index contributed by atoms with van der Waals surface area (Å²) in [6.07, 6.45) is 0. The second-order valence-electron chi connectivity index (χ2n) is 4.10. The van der Waals surface area contributed by atoms with E-state index in [9.17, 15) is 4.79 Å². The van der Waals surface area contributed by atoms with Crippen LogP contribution in [-0.2, 0) is 5.75 Å². The van der Waals surface area contributed by atoms with Gasteiger partial charge in [-0.1, -0.05) is 11.8 Å². The van der Waals surface area contributed by atoms with E-state index >= 15 is 0 Å². The van der Waals surface area contributed by atoms with Gasteiger partial charge in [-0.15, -0.1) is 0 Å². The number of hydrogen-bond donors (Lipinski definition) is 3. The molecule has 0 spiro atoms. The fraction of sp³-hybridized carbons (Fsp3) is 0.0833. The summed E-state index contributed by atoms with van der Waals surface area (Å²) in [5.41, 5.74) is 12.9. The van der Waals surface area contributed by atoms with Crippen LogP contribution in [0.4, 0.5) is 11.5 Å². The highest BCUT2D eigenvalue weighted by Gasteiger charge is 2.08. The normalized spacial score (nSPS) is 11.0. The van der Waals surface area contributed by atoms with E-state index < -0.39 is 0 Å². The average molecular weight is 289 g/mol. The van der Waals surface area contributed by atoms with Gasteiger partial charge in [-0.2, -0.15) is 0 Å². The number of nitrogens with zero attached hydrogens (tertiary/aromatic N) is 2. The minimum Gasteiger partial charge on any atom is -0.440 e. The van der Waals surface area contributed by atoms with Gasteiger partial charge in [-0.25, -0.2) is 9.97 Å². The van der Waals surface area contributed by atoms with E-state index in [2.05, 4.69) is 15.0 Å². The van der Waals surface area contributed by atoms with E-state index in [4.69, 9.17) is 15.9 Å². The maximum Gasteiger partial charge on any atom is 0.253 e. The Kier molecular flexibility index (Phi) is 3.07. The quantitative estimate of drug-likeness (QED) is 0.378. The summed E-state index contributed by atoms with van der Waals surface area (Å²) in [4.78, 5) is 22.2. The van der Waals surface area contributed by atoms with Crippen molar-refractivity contribution in [3.05, 3.63) is 40.5 Å². The Balaban J connectivity index is 1.81. The van der Waals surface area contributed by atoms with Gasteiger partial charge in [0.15, 0.2) is 10.7 Å². The van der Waals surface area contributed by atoms with Crippen molar-refractivity contribution < 1.29 is 4.42 Å². The van der Waals surface area contributed by atoms with Crippen LogP contribution in [0.1, 0.15) is 5.89 Å². The predicted molar refractivity (Wildman–Crippen MR) is 77.3 cm³/mol. The second kappa shape index (κ2) is 4.89. The van der Waals surface area contributed by atoms with E-state index in [1.54, 1.807) is 18.2 Å². The minimum atomic E-state index is -0.287. The molecular formula is C12H11N5O2S. The number of hydrogen-bond acceptors (Lipinski definition) is 7. The number of nitrogen functional groups attached to an aromatic ring is 2. The largest absolute Gasteiger partial charge is 0.440 e. The molecule has 5 N–H and O–H groups in total. The minimum absolute atomic E-state index is 0.182. The predicted octanol–water partition coefficient (Wildman–Crippen LogP) is 1.37. The van der Waals surface area contributed by atoms with Crippen molar-refractivity contribution in [3.8, 4) is 0 Å². The molecule has 2 aromatic heterocycles. The molecule has 20 heavy (non-hydrogen) atoms. The highest BCUT2D eigenvalue weighted by molar-refractivity contribution is 7.98. The summed E-state index contributed by atoms with van der Waals surface area (Å²) in [6, 6.07) is 6.51. The number of rotatable bonds is 3. The van der Waals surface area contributed by atoms with Crippen molar-refractivity contribution in [2.24, 2.45) is 0 Å². The molecule has 0 saturated heterocycles. The van der Waals surface area contributed by atoms with Crippen molar-refractivity contribution in [2.75, 3.05) is 11.5 Å². The SMILES string of the molecule is Nc1ccc2nc(CSc3nc(N)cc(=O)[nH]3)oc2c1. The molecule has 0 fully saturated rings. The van der Waals surface area contributed by atoms with Gasteiger partial charge in [0, 0.05) is 17.8 Å². The maximum atomic E-state index is 11.3. The number of anilines is 2. The summed E-state index contributed by atoms with van der Waals surface area (Å²) in [6.45, 7) is 0.